The van der Waals surface area contributed by atoms with Gasteiger partial charge in [-0.05, 0) is 28.5 Å². The van der Waals surface area contributed by atoms with Gasteiger partial charge in [-0.3, -0.25) is 4.79 Å². The number of anilines is 1. The van der Waals surface area contributed by atoms with Crippen molar-refractivity contribution in [2.24, 2.45) is 0 Å². The van der Waals surface area contributed by atoms with Gasteiger partial charge in [0.2, 0.25) is 0 Å². The molecule has 3 N–H and O–H groups in total. The van der Waals surface area contributed by atoms with Gasteiger partial charge in [0.15, 0.2) is 6.29 Å². The van der Waals surface area contributed by atoms with E-state index in [9.17, 15) is 4.79 Å². The molecule has 1 aromatic heterocycles. The van der Waals surface area contributed by atoms with E-state index in [1.54, 1.807) is 6.07 Å². The summed E-state index contributed by atoms with van der Waals surface area (Å²) in [7, 11) is 0. The Hall–Kier alpha value is -1.39. The number of fused-ring (bicyclic) bond motifs is 1. The molecule has 2 aromatic rings. The number of hydrogen-bond acceptors (Lipinski definition) is 4. The highest BCUT2D eigenvalue weighted by molar-refractivity contribution is 7.17. The van der Waals surface area contributed by atoms with Crippen molar-refractivity contribution in [3.63, 3.8) is 0 Å². The molecule has 1 heterocycles. The third kappa shape index (κ3) is 1.20. The van der Waals surface area contributed by atoms with E-state index in [1.165, 1.54) is 11.3 Å². The predicted octanol–water partition coefficient (Wildman–Crippen LogP) is 1.79. The van der Waals surface area contributed by atoms with Gasteiger partial charge in [0.1, 0.15) is 0 Å². The summed E-state index contributed by atoms with van der Waals surface area (Å²) in [6.45, 7) is -0.0590. The number of thiophene rings is 1. The molecule has 0 radical (unpaired) electrons. The highest BCUT2D eigenvalue weighted by Gasteiger charge is 2.09. The van der Waals surface area contributed by atoms with Gasteiger partial charge in [-0.1, -0.05) is 0 Å². The maximum atomic E-state index is 10.8. The minimum Gasteiger partial charge on any atom is -0.398 e. The van der Waals surface area contributed by atoms with Crippen LogP contribution in [0.25, 0.3) is 10.1 Å². The summed E-state index contributed by atoms with van der Waals surface area (Å²) in [6.07, 6.45) is 0.759. The van der Waals surface area contributed by atoms with E-state index >= 15 is 0 Å². The van der Waals surface area contributed by atoms with Crippen molar-refractivity contribution in [2.45, 2.75) is 6.61 Å². The summed E-state index contributed by atoms with van der Waals surface area (Å²) in [6, 6.07) is 3.54. The Labute approximate surface area is 84.8 Å². The zero-order chi connectivity index (χ0) is 10.1. The van der Waals surface area contributed by atoms with E-state index in [1.807, 2.05) is 11.4 Å². The van der Waals surface area contributed by atoms with Gasteiger partial charge >= 0.3 is 0 Å². The molecule has 0 saturated carbocycles. The zero-order valence-electron chi connectivity index (χ0n) is 7.36. The Morgan fingerprint density at radius 2 is 2.36 bits per heavy atom. The maximum Gasteiger partial charge on any atom is 0.153 e. The summed E-state index contributed by atoms with van der Waals surface area (Å²) < 4.78 is 0.851. The second-order valence-electron chi connectivity index (χ2n) is 2.98. The number of carbonyl (C=O) groups excluding carboxylic acids is 1. The molecule has 0 aliphatic rings. The van der Waals surface area contributed by atoms with E-state index < -0.39 is 0 Å². The van der Waals surface area contributed by atoms with Crippen LogP contribution in [0.4, 0.5) is 5.69 Å². The molecular formula is C10H9NO2S. The smallest absolute Gasteiger partial charge is 0.153 e. The Morgan fingerprint density at radius 1 is 1.57 bits per heavy atom. The Balaban J connectivity index is 2.88. The van der Waals surface area contributed by atoms with Crippen LogP contribution in [0.3, 0.4) is 0 Å². The normalized spacial score (nSPS) is 10.6. The summed E-state index contributed by atoms with van der Waals surface area (Å²) in [4.78, 5) is 10.8. The molecule has 3 nitrogen and oxygen atoms in total. The highest BCUT2D eigenvalue weighted by atomic mass is 32.1. The number of aliphatic hydroxyl groups is 1. The lowest BCUT2D eigenvalue weighted by Gasteiger charge is -2.04. The Morgan fingerprint density at radius 3 is 3.00 bits per heavy atom. The molecule has 0 atom stereocenters. The van der Waals surface area contributed by atoms with Crippen LogP contribution in [0.2, 0.25) is 0 Å². The van der Waals surface area contributed by atoms with E-state index in [0.717, 1.165) is 21.9 Å². The Kier molecular flexibility index (Phi) is 2.23. The van der Waals surface area contributed by atoms with Crippen molar-refractivity contribution in [1.82, 2.24) is 0 Å². The van der Waals surface area contributed by atoms with Gasteiger partial charge in [-0.2, -0.15) is 0 Å². The molecule has 0 aliphatic heterocycles. The first kappa shape index (κ1) is 9.18. The summed E-state index contributed by atoms with van der Waals surface area (Å²) in [5, 5.41) is 11.9. The summed E-state index contributed by atoms with van der Waals surface area (Å²) >= 11 is 1.46. The van der Waals surface area contributed by atoms with Gasteiger partial charge in [-0.15, -0.1) is 11.3 Å². The second-order valence-corrected chi connectivity index (χ2v) is 3.89. The van der Waals surface area contributed by atoms with E-state index in [2.05, 4.69) is 0 Å². The first-order valence-corrected chi connectivity index (χ1v) is 5.00. The molecule has 0 saturated heterocycles. The van der Waals surface area contributed by atoms with Gasteiger partial charge < -0.3 is 10.8 Å². The first-order valence-electron chi connectivity index (χ1n) is 4.12. The molecule has 2 rings (SSSR count). The lowest BCUT2D eigenvalue weighted by Crippen LogP contribution is -1.96. The minimum atomic E-state index is -0.0590. The molecule has 4 heteroatoms. The number of nitrogen functional groups attached to an aromatic ring is 1. The lowest BCUT2D eigenvalue weighted by atomic mass is 10.1. The Bertz CT molecular complexity index is 490. The molecule has 0 spiro atoms. The quantitative estimate of drug-likeness (QED) is 0.583. The fourth-order valence-electron chi connectivity index (χ4n) is 1.50. The number of rotatable bonds is 2. The standard InChI is InChI=1S/C10H9NO2S/c11-9-3-6(4-12)7-1-2-14-10(7)8(9)5-13/h1-3,5,12H,4,11H2. The third-order valence-electron chi connectivity index (χ3n) is 2.18. The molecule has 0 bridgehead atoms. The van der Waals surface area contributed by atoms with Crippen molar-refractivity contribution in [3.05, 3.63) is 28.6 Å². The third-order valence-corrected chi connectivity index (χ3v) is 3.13. The van der Waals surface area contributed by atoms with Crippen LogP contribution in [-0.4, -0.2) is 11.4 Å². The van der Waals surface area contributed by atoms with Crippen LogP contribution in [0.1, 0.15) is 15.9 Å². The molecule has 0 fully saturated rings. The fraction of sp³-hybridized carbons (Fsp3) is 0.100. The summed E-state index contributed by atoms with van der Waals surface area (Å²) in [5.74, 6) is 0. The molecule has 0 unspecified atom stereocenters. The largest absolute Gasteiger partial charge is 0.398 e. The monoisotopic (exact) mass is 207 g/mol. The number of benzene rings is 1. The minimum absolute atomic E-state index is 0.0590. The average Bonchev–Trinajstić information content (AvgIpc) is 2.65. The van der Waals surface area contributed by atoms with Crippen molar-refractivity contribution in [3.8, 4) is 0 Å². The van der Waals surface area contributed by atoms with Gasteiger partial charge in [-0.25, -0.2) is 0 Å². The van der Waals surface area contributed by atoms with Gasteiger partial charge in [0, 0.05) is 10.4 Å². The zero-order valence-corrected chi connectivity index (χ0v) is 8.17. The van der Waals surface area contributed by atoms with Crippen LogP contribution >= 0.6 is 11.3 Å². The van der Waals surface area contributed by atoms with Crippen LogP contribution < -0.4 is 5.73 Å². The molecular weight excluding hydrogens is 198 g/mol. The van der Waals surface area contributed by atoms with Crippen molar-refractivity contribution in [1.29, 1.82) is 0 Å². The first-order chi connectivity index (χ1) is 6.77. The summed E-state index contributed by atoms with van der Waals surface area (Å²) in [5.41, 5.74) is 7.42. The van der Waals surface area contributed by atoms with E-state index in [4.69, 9.17) is 10.8 Å². The topological polar surface area (TPSA) is 63.3 Å². The van der Waals surface area contributed by atoms with Crippen LogP contribution in [-0.2, 0) is 6.61 Å². The lowest BCUT2D eigenvalue weighted by molar-refractivity contribution is 0.112. The number of hydrogen-bond donors (Lipinski definition) is 2. The average molecular weight is 207 g/mol. The number of nitrogens with two attached hydrogens (primary N) is 1. The fourth-order valence-corrected chi connectivity index (χ4v) is 2.46. The molecule has 72 valence electrons. The maximum absolute atomic E-state index is 10.8. The van der Waals surface area contributed by atoms with E-state index in [-0.39, 0.29) is 6.61 Å². The van der Waals surface area contributed by atoms with Gasteiger partial charge in [0.05, 0.1) is 12.2 Å². The SMILES string of the molecule is Nc1cc(CO)c2ccsc2c1C=O. The van der Waals surface area contributed by atoms with Crippen molar-refractivity contribution < 1.29 is 9.90 Å². The molecule has 14 heavy (non-hydrogen) atoms. The van der Waals surface area contributed by atoms with Crippen molar-refractivity contribution >= 4 is 33.4 Å². The van der Waals surface area contributed by atoms with Crippen LogP contribution in [0, 0.1) is 0 Å². The molecule has 0 aliphatic carbocycles. The number of aliphatic hydroxyl groups excluding tert-OH is 1. The molecule has 0 amide bonds. The van der Waals surface area contributed by atoms with Gasteiger partial charge in [0.25, 0.3) is 0 Å². The van der Waals surface area contributed by atoms with Crippen molar-refractivity contribution in [2.75, 3.05) is 5.73 Å². The second kappa shape index (κ2) is 3.40. The number of aldehydes is 1. The van der Waals surface area contributed by atoms with Crippen LogP contribution in [0.15, 0.2) is 17.5 Å². The van der Waals surface area contributed by atoms with E-state index in [0.29, 0.717) is 11.3 Å². The van der Waals surface area contributed by atoms with Crippen LogP contribution in [0.5, 0.6) is 0 Å². The predicted molar refractivity (Wildman–Crippen MR) is 57.5 cm³/mol. The highest BCUT2D eigenvalue weighted by Crippen LogP contribution is 2.31. The number of carbonyl (C=O) groups is 1. The molecule has 1 aromatic carbocycles.